The number of likely N-dealkylation sites (tertiary alicyclic amines) is 1. The van der Waals surface area contributed by atoms with E-state index in [1.54, 1.807) is 0 Å². The van der Waals surface area contributed by atoms with E-state index in [2.05, 4.69) is 23.8 Å². The van der Waals surface area contributed by atoms with Crippen LogP contribution in [-0.2, 0) is 9.53 Å². The van der Waals surface area contributed by atoms with Crippen molar-refractivity contribution in [3.63, 3.8) is 0 Å². The van der Waals surface area contributed by atoms with Crippen LogP contribution in [0.5, 0.6) is 0 Å². The quantitative estimate of drug-likeness (QED) is 0.648. The maximum atomic E-state index is 11.6. The van der Waals surface area contributed by atoms with E-state index in [0.717, 1.165) is 19.6 Å². The van der Waals surface area contributed by atoms with Gasteiger partial charge in [-0.05, 0) is 39.9 Å². The first-order valence-corrected chi connectivity index (χ1v) is 7.17. The van der Waals surface area contributed by atoms with Gasteiger partial charge < -0.3 is 9.64 Å². The highest BCUT2D eigenvalue weighted by atomic mass is 16.5. The fourth-order valence-electron chi connectivity index (χ4n) is 2.78. The largest absolute Gasteiger partial charge is 0.466 e. The number of rotatable bonds is 7. The molecule has 2 unspecified atom stereocenters. The number of carbonyl (C=O) groups is 1. The first-order chi connectivity index (χ1) is 8.58. The molecule has 1 rings (SSSR count). The minimum atomic E-state index is -0.0804. The Morgan fingerprint density at radius 2 is 2.22 bits per heavy atom. The van der Waals surface area contributed by atoms with Gasteiger partial charge in [-0.1, -0.05) is 13.8 Å². The van der Waals surface area contributed by atoms with Crippen molar-refractivity contribution in [1.82, 2.24) is 9.80 Å². The van der Waals surface area contributed by atoms with Gasteiger partial charge in [-0.2, -0.15) is 0 Å². The molecule has 18 heavy (non-hydrogen) atoms. The molecule has 1 aliphatic rings. The Bertz CT molecular complexity index is 258. The third-order valence-electron chi connectivity index (χ3n) is 3.70. The van der Waals surface area contributed by atoms with Crippen LogP contribution in [-0.4, -0.2) is 61.6 Å². The molecule has 0 N–H and O–H groups in total. The number of likely N-dealkylation sites (N-methyl/N-ethyl adjacent to an activating group) is 2. The van der Waals surface area contributed by atoms with Crippen molar-refractivity contribution in [3.8, 4) is 0 Å². The summed E-state index contributed by atoms with van der Waals surface area (Å²) >= 11 is 0. The summed E-state index contributed by atoms with van der Waals surface area (Å²) in [6.45, 7) is 10.7. The Hall–Kier alpha value is -0.610. The fraction of sp³-hybridized carbons (Fsp3) is 0.929. The van der Waals surface area contributed by atoms with Crippen molar-refractivity contribution >= 4 is 5.97 Å². The molecule has 0 radical (unpaired) electrons. The second-order valence-electron chi connectivity index (χ2n) is 5.30. The van der Waals surface area contributed by atoms with E-state index in [0.29, 0.717) is 12.6 Å². The third kappa shape index (κ3) is 4.58. The lowest BCUT2D eigenvalue weighted by atomic mass is 10.1. The topological polar surface area (TPSA) is 32.8 Å². The summed E-state index contributed by atoms with van der Waals surface area (Å²) in [7, 11) is 2.10. The summed E-state index contributed by atoms with van der Waals surface area (Å²) in [6, 6.07) is 0.661. The Balaban J connectivity index is 2.32. The molecular weight excluding hydrogens is 228 g/mol. The van der Waals surface area contributed by atoms with Crippen LogP contribution in [0, 0.1) is 5.92 Å². The normalized spacial score (nSPS) is 22.4. The second-order valence-corrected chi connectivity index (χ2v) is 5.30. The molecule has 1 aliphatic heterocycles. The number of esters is 1. The molecule has 0 amide bonds. The van der Waals surface area contributed by atoms with Gasteiger partial charge >= 0.3 is 5.97 Å². The van der Waals surface area contributed by atoms with Crippen LogP contribution in [0.15, 0.2) is 0 Å². The van der Waals surface area contributed by atoms with Gasteiger partial charge in [0.05, 0.1) is 12.5 Å². The predicted molar refractivity (Wildman–Crippen MR) is 73.6 cm³/mol. The Morgan fingerprint density at radius 3 is 2.83 bits per heavy atom. The van der Waals surface area contributed by atoms with Crippen LogP contribution in [0.4, 0.5) is 0 Å². The van der Waals surface area contributed by atoms with Crippen LogP contribution in [0.3, 0.4) is 0 Å². The van der Waals surface area contributed by atoms with Crippen LogP contribution in [0.25, 0.3) is 0 Å². The molecule has 0 aromatic carbocycles. The van der Waals surface area contributed by atoms with Gasteiger partial charge in [0.25, 0.3) is 0 Å². The van der Waals surface area contributed by atoms with Gasteiger partial charge in [-0.15, -0.1) is 0 Å². The summed E-state index contributed by atoms with van der Waals surface area (Å²) < 4.78 is 5.04. The molecule has 106 valence electrons. The molecule has 0 aliphatic carbocycles. The zero-order chi connectivity index (χ0) is 13.5. The molecule has 1 heterocycles. The molecule has 4 heteroatoms. The Labute approximate surface area is 111 Å². The molecule has 0 bridgehead atoms. The number of hydrogen-bond donors (Lipinski definition) is 0. The van der Waals surface area contributed by atoms with Crippen LogP contribution in [0.1, 0.15) is 33.6 Å². The van der Waals surface area contributed by atoms with E-state index in [-0.39, 0.29) is 11.9 Å². The van der Waals surface area contributed by atoms with E-state index in [1.807, 2.05) is 13.8 Å². The molecule has 0 saturated carbocycles. The van der Waals surface area contributed by atoms with Crippen LogP contribution in [0.2, 0.25) is 0 Å². The molecule has 0 spiro atoms. The number of nitrogens with zero attached hydrogens (tertiary/aromatic N) is 2. The van der Waals surface area contributed by atoms with Crippen molar-refractivity contribution in [1.29, 1.82) is 0 Å². The number of hydrogen-bond acceptors (Lipinski definition) is 4. The van der Waals surface area contributed by atoms with Crippen molar-refractivity contribution in [2.24, 2.45) is 5.92 Å². The highest BCUT2D eigenvalue weighted by Gasteiger charge is 2.25. The third-order valence-corrected chi connectivity index (χ3v) is 3.70. The van der Waals surface area contributed by atoms with Crippen molar-refractivity contribution in [3.05, 3.63) is 0 Å². The number of ether oxygens (including phenoxy) is 1. The smallest absolute Gasteiger partial charge is 0.309 e. The zero-order valence-corrected chi connectivity index (χ0v) is 12.3. The van der Waals surface area contributed by atoms with Crippen molar-refractivity contribution < 1.29 is 9.53 Å². The molecule has 4 nitrogen and oxygen atoms in total. The predicted octanol–water partition coefficient (Wildman–Crippen LogP) is 1.60. The zero-order valence-electron chi connectivity index (χ0n) is 12.3. The highest BCUT2D eigenvalue weighted by Crippen LogP contribution is 2.17. The van der Waals surface area contributed by atoms with Crippen molar-refractivity contribution in [2.75, 3.05) is 39.8 Å². The standard InChI is InChI=1S/C14H28N2O2/c1-5-16-9-7-8-13(16)11-15(4)10-12(3)14(17)18-6-2/h12-13H,5-11H2,1-4H3. The van der Waals surface area contributed by atoms with Gasteiger partial charge in [-0.3, -0.25) is 9.69 Å². The molecule has 0 aromatic rings. The summed E-state index contributed by atoms with van der Waals surface area (Å²) in [4.78, 5) is 16.4. The molecule has 2 atom stereocenters. The van der Waals surface area contributed by atoms with E-state index in [4.69, 9.17) is 4.74 Å². The summed E-state index contributed by atoms with van der Waals surface area (Å²) in [5.74, 6) is -0.116. The van der Waals surface area contributed by atoms with Gasteiger partial charge in [0.1, 0.15) is 0 Å². The lowest BCUT2D eigenvalue weighted by molar-refractivity contribution is -0.147. The SMILES string of the molecule is CCOC(=O)C(C)CN(C)CC1CCCN1CC. The first kappa shape index (κ1) is 15.4. The van der Waals surface area contributed by atoms with E-state index >= 15 is 0 Å². The van der Waals surface area contributed by atoms with Crippen molar-refractivity contribution in [2.45, 2.75) is 39.7 Å². The van der Waals surface area contributed by atoms with Gasteiger partial charge in [0.2, 0.25) is 0 Å². The van der Waals surface area contributed by atoms with Gasteiger partial charge in [-0.25, -0.2) is 0 Å². The summed E-state index contributed by atoms with van der Waals surface area (Å²) in [6.07, 6.45) is 2.59. The average molecular weight is 256 g/mol. The lowest BCUT2D eigenvalue weighted by Crippen LogP contribution is -2.41. The monoisotopic (exact) mass is 256 g/mol. The maximum absolute atomic E-state index is 11.6. The Morgan fingerprint density at radius 1 is 1.50 bits per heavy atom. The van der Waals surface area contributed by atoms with E-state index in [1.165, 1.54) is 19.4 Å². The molecule has 1 saturated heterocycles. The second kappa shape index (κ2) is 7.74. The summed E-state index contributed by atoms with van der Waals surface area (Å²) in [5.41, 5.74) is 0. The minimum absolute atomic E-state index is 0.0357. The first-order valence-electron chi connectivity index (χ1n) is 7.17. The van der Waals surface area contributed by atoms with E-state index in [9.17, 15) is 4.79 Å². The average Bonchev–Trinajstić information content (AvgIpc) is 2.76. The maximum Gasteiger partial charge on any atom is 0.309 e. The molecule has 1 fully saturated rings. The van der Waals surface area contributed by atoms with Crippen LogP contribution < -0.4 is 0 Å². The van der Waals surface area contributed by atoms with Gasteiger partial charge in [0.15, 0.2) is 0 Å². The van der Waals surface area contributed by atoms with Gasteiger partial charge in [0, 0.05) is 19.1 Å². The molecule has 0 aromatic heterocycles. The van der Waals surface area contributed by atoms with Crippen LogP contribution >= 0.6 is 0 Å². The minimum Gasteiger partial charge on any atom is -0.466 e. The summed E-state index contributed by atoms with van der Waals surface area (Å²) in [5, 5.41) is 0. The number of carbonyl (C=O) groups excluding carboxylic acids is 1. The molecular formula is C14H28N2O2. The fourth-order valence-corrected chi connectivity index (χ4v) is 2.78. The lowest BCUT2D eigenvalue weighted by Gasteiger charge is -2.28. The highest BCUT2D eigenvalue weighted by molar-refractivity contribution is 5.72. The van der Waals surface area contributed by atoms with E-state index < -0.39 is 0 Å². The Kier molecular flexibility index (Phi) is 6.65.